The van der Waals surface area contributed by atoms with Gasteiger partial charge in [-0.25, -0.2) is 0 Å². The molecule has 1 aliphatic rings. The Morgan fingerprint density at radius 3 is 2.29 bits per heavy atom. The fourth-order valence-electron chi connectivity index (χ4n) is 1.53. The third-order valence-electron chi connectivity index (χ3n) is 2.55. The molecule has 0 atom stereocenters. The van der Waals surface area contributed by atoms with E-state index >= 15 is 0 Å². The minimum Gasteiger partial charge on any atom is -0.466 e. The third-order valence-corrected chi connectivity index (χ3v) is 2.55. The molecule has 96 valence electrons. The predicted molar refractivity (Wildman–Crippen MR) is 63.4 cm³/mol. The van der Waals surface area contributed by atoms with E-state index in [1.807, 2.05) is 26.0 Å². The van der Waals surface area contributed by atoms with Crippen molar-refractivity contribution in [3.8, 4) is 0 Å². The van der Waals surface area contributed by atoms with Gasteiger partial charge in [0.1, 0.15) is 5.60 Å². The van der Waals surface area contributed by atoms with E-state index in [1.165, 1.54) is 0 Å². The number of esters is 2. The van der Waals surface area contributed by atoms with Gasteiger partial charge in [0.25, 0.3) is 0 Å². The second-order valence-electron chi connectivity index (χ2n) is 4.75. The molecular weight excluding hydrogens is 220 g/mol. The van der Waals surface area contributed by atoms with Gasteiger partial charge in [0.15, 0.2) is 0 Å². The molecule has 17 heavy (non-hydrogen) atoms. The maximum Gasteiger partial charge on any atom is 0.306 e. The lowest BCUT2D eigenvalue weighted by molar-refractivity contribution is -0.159. The minimum atomic E-state index is -0.574. The number of ether oxygens (including phenoxy) is 2. The van der Waals surface area contributed by atoms with Crippen molar-refractivity contribution in [1.82, 2.24) is 0 Å². The molecule has 0 aromatic carbocycles. The summed E-state index contributed by atoms with van der Waals surface area (Å²) in [6.07, 6.45) is 6.43. The van der Waals surface area contributed by atoms with Crippen LogP contribution in [0.4, 0.5) is 0 Å². The van der Waals surface area contributed by atoms with Crippen LogP contribution < -0.4 is 0 Å². The molecule has 0 saturated heterocycles. The molecule has 1 rings (SSSR count). The molecule has 0 aliphatic carbocycles. The Bertz CT molecular complexity index is 305. The van der Waals surface area contributed by atoms with Crippen LogP contribution in [-0.4, -0.2) is 24.1 Å². The van der Waals surface area contributed by atoms with Crippen LogP contribution in [-0.2, 0) is 19.1 Å². The van der Waals surface area contributed by atoms with E-state index in [1.54, 1.807) is 0 Å². The molecule has 0 fully saturated rings. The van der Waals surface area contributed by atoms with Crippen LogP contribution in [0, 0.1) is 0 Å². The zero-order valence-electron chi connectivity index (χ0n) is 10.5. The van der Waals surface area contributed by atoms with E-state index < -0.39 is 5.60 Å². The number of carbonyl (C=O) groups is 2. The van der Waals surface area contributed by atoms with Crippen molar-refractivity contribution in [3.05, 3.63) is 12.2 Å². The van der Waals surface area contributed by atoms with Crippen LogP contribution in [0.2, 0.25) is 0 Å². The lowest BCUT2D eigenvalue weighted by atomic mass is 10.1. The SMILES string of the molecule is CC1(C)CCOC(=O)CC/C=C/CCC(=O)O1. The van der Waals surface area contributed by atoms with E-state index in [0.29, 0.717) is 38.7 Å². The van der Waals surface area contributed by atoms with Gasteiger partial charge in [-0.3, -0.25) is 9.59 Å². The Labute approximate surface area is 102 Å². The Morgan fingerprint density at radius 2 is 1.65 bits per heavy atom. The summed E-state index contributed by atoms with van der Waals surface area (Å²) < 4.78 is 10.4. The first-order chi connectivity index (χ1) is 7.99. The van der Waals surface area contributed by atoms with E-state index in [2.05, 4.69) is 0 Å². The first-order valence-electron chi connectivity index (χ1n) is 6.02. The molecule has 0 aromatic heterocycles. The van der Waals surface area contributed by atoms with Crippen LogP contribution in [0.5, 0.6) is 0 Å². The van der Waals surface area contributed by atoms with Gasteiger partial charge >= 0.3 is 11.9 Å². The molecule has 4 heteroatoms. The second-order valence-corrected chi connectivity index (χ2v) is 4.75. The van der Waals surface area contributed by atoms with Crippen molar-refractivity contribution in [2.24, 2.45) is 0 Å². The van der Waals surface area contributed by atoms with Gasteiger partial charge in [-0.05, 0) is 26.7 Å². The fraction of sp³-hybridized carbons (Fsp3) is 0.692. The quantitative estimate of drug-likeness (QED) is 0.482. The molecule has 0 saturated carbocycles. The summed E-state index contributed by atoms with van der Waals surface area (Å²) in [6, 6.07) is 0. The van der Waals surface area contributed by atoms with Crippen LogP contribution in [0.15, 0.2) is 12.2 Å². The van der Waals surface area contributed by atoms with Gasteiger partial charge in [-0.1, -0.05) is 12.2 Å². The van der Waals surface area contributed by atoms with E-state index in [0.717, 1.165) is 0 Å². The smallest absolute Gasteiger partial charge is 0.306 e. The van der Waals surface area contributed by atoms with Gasteiger partial charge in [0.2, 0.25) is 0 Å². The molecule has 0 amide bonds. The molecule has 1 heterocycles. The van der Waals surface area contributed by atoms with Crippen LogP contribution >= 0.6 is 0 Å². The van der Waals surface area contributed by atoms with Gasteiger partial charge < -0.3 is 9.47 Å². The summed E-state index contributed by atoms with van der Waals surface area (Å²) in [5.41, 5.74) is -0.574. The lowest BCUT2D eigenvalue weighted by Gasteiger charge is -2.24. The summed E-state index contributed by atoms with van der Waals surface area (Å²) in [5, 5.41) is 0. The zero-order valence-corrected chi connectivity index (χ0v) is 10.5. The maximum absolute atomic E-state index is 11.5. The van der Waals surface area contributed by atoms with Gasteiger partial charge in [0, 0.05) is 19.3 Å². The highest BCUT2D eigenvalue weighted by molar-refractivity contribution is 5.70. The Kier molecular flexibility index (Phi) is 5.19. The number of rotatable bonds is 0. The van der Waals surface area contributed by atoms with Crippen molar-refractivity contribution in [1.29, 1.82) is 0 Å². The monoisotopic (exact) mass is 240 g/mol. The number of cyclic esters (lactones) is 2. The lowest BCUT2D eigenvalue weighted by Crippen LogP contribution is -2.30. The van der Waals surface area contributed by atoms with E-state index in [9.17, 15) is 9.59 Å². The van der Waals surface area contributed by atoms with Crippen molar-refractivity contribution < 1.29 is 19.1 Å². The number of hydrogen-bond donors (Lipinski definition) is 0. The van der Waals surface area contributed by atoms with Crippen LogP contribution in [0.1, 0.15) is 46.0 Å². The second kappa shape index (κ2) is 6.42. The van der Waals surface area contributed by atoms with Gasteiger partial charge in [-0.15, -0.1) is 0 Å². The summed E-state index contributed by atoms with van der Waals surface area (Å²) in [7, 11) is 0. The zero-order chi connectivity index (χ0) is 12.7. The number of hydrogen-bond acceptors (Lipinski definition) is 4. The summed E-state index contributed by atoms with van der Waals surface area (Å²) >= 11 is 0. The molecule has 1 aliphatic heterocycles. The van der Waals surface area contributed by atoms with Crippen molar-refractivity contribution >= 4 is 11.9 Å². The molecule has 0 spiro atoms. The standard InChI is InChI=1S/C13H20O4/c1-13(2)9-10-16-11(14)7-5-3-4-6-8-12(15)17-13/h3-4H,5-10H2,1-2H3/b4-3+. The highest BCUT2D eigenvalue weighted by Gasteiger charge is 2.23. The van der Waals surface area contributed by atoms with Gasteiger partial charge in [0.05, 0.1) is 6.61 Å². The van der Waals surface area contributed by atoms with Crippen molar-refractivity contribution in [3.63, 3.8) is 0 Å². The Hall–Kier alpha value is -1.32. The topological polar surface area (TPSA) is 52.6 Å². The maximum atomic E-state index is 11.5. The molecular formula is C13H20O4. The number of carbonyl (C=O) groups excluding carboxylic acids is 2. The Balaban J connectivity index is 2.56. The van der Waals surface area contributed by atoms with E-state index in [4.69, 9.17) is 9.47 Å². The van der Waals surface area contributed by atoms with Crippen molar-refractivity contribution in [2.45, 2.75) is 51.6 Å². The molecule has 0 bridgehead atoms. The number of allylic oxidation sites excluding steroid dienone is 2. The van der Waals surface area contributed by atoms with Gasteiger partial charge in [-0.2, -0.15) is 0 Å². The predicted octanol–water partition coefficient (Wildman–Crippen LogP) is 2.37. The summed E-state index contributed by atoms with van der Waals surface area (Å²) in [5.74, 6) is -0.402. The van der Waals surface area contributed by atoms with Crippen molar-refractivity contribution in [2.75, 3.05) is 6.61 Å². The molecule has 0 unspecified atom stereocenters. The minimum absolute atomic E-state index is 0.198. The first kappa shape index (κ1) is 13.7. The average Bonchev–Trinajstić information content (AvgIpc) is 2.21. The molecule has 0 N–H and O–H groups in total. The average molecular weight is 240 g/mol. The first-order valence-corrected chi connectivity index (χ1v) is 6.02. The van der Waals surface area contributed by atoms with Crippen LogP contribution in [0.3, 0.4) is 0 Å². The van der Waals surface area contributed by atoms with E-state index in [-0.39, 0.29) is 11.9 Å². The largest absolute Gasteiger partial charge is 0.466 e. The molecule has 0 radical (unpaired) electrons. The normalized spacial score (nSPS) is 24.6. The highest BCUT2D eigenvalue weighted by atomic mass is 16.6. The fourth-order valence-corrected chi connectivity index (χ4v) is 1.53. The highest BCUT2D eigenvalue weighted by Crippen LogP contribution is 2.16. The van der Waals surface area contributed by atoms with Crippen LogP contribution in [0.25, 0.3) is 0 Å². The summed E-state index contributed by atoms with van der Waals surface area (Å²) in [6.45, 7) is 3.95. The third kappa shape index (κ3) is 6.09. The molecule has 0 aromatic rings. The Morgan fingerprint density at radius 1 is 1.06 bits per heavy atom. The molecule has 4 nitrogen and oxygen atoms in total. The summed E-state index contributed by atoms with van der Waals surface area (Å²) in [4.78, 5) is 22.8.